The van der Waals surface area contributed by atoms with Gasteiger partial charge in [0.2, 0.25) is 11.7 Å². The molecule has 2 aromatic heterocycles. The van der Waals surface area contributed by atoms with Crippen LogP contribution >= 0.6 is 0 Å². The number of carbonyl (C=O) groups excluding carboxylic acids is 1. The largest absolute Gasteiger partial charge is 0.478 e. The van der Waals surface area contributed by atoms with Crippen LogP contribution < -0.4 is 4.52 Å². The van der Waals surface area contributed by atoms with Gasteiger partial charge in [-0.05, 0) is 82.1 Å². The third-order valence-corrected chi connectivity index (χ3v) is 8.03. The number of aromatic nitrogens is 2. The van der Waals surface area contributed by atoms with Gasteiger partial charge in [0.15, 0.2) is 0 Å². The minimum atomic E-state index is -0.937. The second-order valence-electron chi connectivity index (χ2n) is 12.2. The zero-order valence-corrected chi connectivity index (χ0v) is 24.8. The summed E-state index contributed by atoms with van der Waals surface area (Å²) in [7, 11) is 0. The zero-order chi connectivity index (χ0) is 28.6. The molecule has 216 valence electrons. The molecule has 3 heterocycles. The normalized spacial score (nSPS) is 14.3. The lowest BCUT2D eigenvalue weighted by molar-refractivity contribution is -0.575. The molecule has 3 aromatic rings. The van der Waals surface area contributed by atoms with Crippen molar-refractivity contribution in [2.24, 2.45) is 11.8 Å². The fourth-order valence-corrected chi connectivity index (χ4v) is 5.57. The lowest BCUT2D eigenvalue weighted by Gasteiger charge is -2.26. The molecule has 0 bridgehead atoms. The van der Waals surface area contributed by atoms with E-state index in [4.69, 9.17) is 0 Å². The summed E-state index contributed by atoms with van der Waals surface area (Å²) in [4.78, 5) is 30.0. The summed E-state index contributed by atoms with van der Waals surface area (Å²) in [6, 6.07) is 11.0. The molecule has 7 heteroatoms. The summed E-state index contributed by atoms with van der Waals surface area (Å²) in [5, 5.41) is 13.1. The number of nitrogens with one attached hydrogen (secondary N) is 1. The van der Waals surface area contributed by atoms with Gasteiger partial charge in [0.25, 0.3) is 5.91 Å². The number of benzene rings is 1. The third kappa shape index (κ3) is 7.72. The zero-order valence-electron chi connectivity index (χ0n) is 24.8. The lowest BCUT2D eigenvalue weighted by Crippen LogP contribution is -2.35. The van der Waals surface area contributed by atoms with Gasteiger partial charge < -0.3 is 14.9 Å². The summed E-state index contributed by atoms with van der Waals surface area (Å²) in [5.74, 6) is 0.215. The van der Waals surface area contributed by atoms with E-state index < -0.39 is 5.97 Å². The maximum Gasteiger partial charge on any atom is 0.335 e. The van der Waals surface area contributed by atoms with Crippen LogP contribution in [-0.2, 0) is 6.42 Å². The number of carboxylic acid groups (broad SMARTS) is 1. The summed E-state index contributed by atoms with van der Waals surface area (Å²) in [5.41, 5.74) is 4.85. The van der Waals surface area contributed by atoms with Crippen molar-refractivity contribution in [1.29, 1.82) is 0 Å². The van der Waals surface area contributed by atoms with E-state index in [1.165, 1.54) is 19.3 Å². The Morgan fingerprint density at radius 3 is 2.33 bits per heavy atom. The van der Waals surface area contributed by atoms with Crippen LogP contribution in [0.4, 0.5) is 0 Å². The molecule has 0 aliphatic carbocycles. The summed E-state index contributed by atoms with van der Waals surface area (Å²) in [6.07, 6.45) is 9.61. The molecule has 4 rings (SSSR count). The first-order chi connectivity index (χ1) is 19.2. The van der Waals surface area contributed by atoms with Crippen molar-refractivity contribution in [3.8, 4) is 11.3 Å². The first-order valence-corrected chi connectivity index (χ1v) is 15.1. The highest BCUT2D eigenvalue weighted by Gasteiger charge is 2.25. The summed E-state index contributed by atoms with van der Waals surface area (Å²) in [6.45, 7) is 13.7. The molecule has 0 saturated carbocycles. The number of rotatable bonds is 13. The topological polar surface area (TPSA) is 80.7 Å². The number of amides is 1. The molecule has 1 aliphatic heterocycles. The molecular weight excluding hydrogens is 500 g/mol. The van der Waals surface area contributed by atoms with E-state index in [1.54, 1.807) is 18.2 Å². The molecule has 1 saturated heterocycles. The minimum Gasteiger partial charge on any atom is -0.478 e. The van der Waals surface area contributed by atoms with Gasteiger partial charge in [-0.15, -0.1) is 0 Å². The van der Waals surface area contributed by atoms with Crippen molar-refractivity contribution in [3.63, 3.8) is 0 Å². The van der Waals surface area contributed by atoms with Crippen molar-refractivity contribution in [1.82, 2.24) is 14.9 Å². The molecule has 0 spiro atoms. The standard InChI is InChI=1S/C33H46N4O3/c1-24(2)13-19-36(20-14-25(3)4)32(38)27-15-21-37-30(23-27)29(12-9-18-35-16-6-5-7-17-35)31(34-37)26-10-8-11-28(22-26)33(39)40/h8,10-11,15,21-25H,5-7,9,12-14,16-20H2,1-4H3,(H,39,40)/p+1. The smallest absolute Gasteiger partial charge is 0.335 e. The number of aromatic amines is 1. The molecule has 7 nitrogen and oxygen atoms in total. The highest BCUT2D eigenvalue weighted by molar-refractivity contribution is 5.95. The van der Waals surface area contributed by atoms with Gasteiger partial charge in [-0.25, -0.2) is 4.79 Å². The predicted molar refractivity (Wildman–Crippen MR) is 160 cm³/mol. The highest BCUT2D eigenvalue weighted by Crippen LogP contribution is 2.27. The first kappa shape index (κ1) is 29.8. The van der Waals surface area contributed by atoms with Crippen molar-refractivity contribution < 1.29 is 19.2 Å². The maximum absolute atomic E-state index is 13.8. The number of hydrogen-bond donors (Lipinski definition) is 2. The van der Waals surface area contributed by atoms with Gasteiger partial charge in [-0.3, -0.25) is 4.79 Å². The summed E-state index contributed by atoms with van der Waals surface area (Å²) >= 11 is 0. The van der Waals surface area contributed by atoms with Gasteiger partial charge in [-0.1, -0.05) is 50.8 Å². The van der Waals surface area contributed by atoms with E-state index in [0.29, 0.717) is 17.4 Å². The molecule has 1 fully saturated rings. The number of piperidine rings is 1. The number of carboxylic acids is 1. The fraction of sp³-hybridized carbons (Fsp3) is 0.545. The Hall–Kier alpha value is -3.19. The molecule has 0 unspecified atom stereocenters. The predicted octanol–water partition coefficient (Wildman–Crippen LogP) is 6.07. The van der Waals surface area contributed by atoms with E-state index in [1.807, 2.05) is 33.8 Å². The number of hydrogen-bond acceptors (Lipinski definition) is 3. The van der Waals surface area contributed by atoms with E-state index in [9.17, 15) is 14.7 Å². The van der Waals surface area contributed by atoms with Crippen molar-refractivity contribution in [2.75, 3.05) is 32.7 Å². The van der Waals surface area contributed by atoms with E-state index >= 15 is 0 Å². The van der Waals surface area contributed by atoms with Crippen molar-refractivity contribution >= 4 is 17.4 Å². The quantitative estimate of drug-likeness (QED) is 0.255. The number of H-pyrrole nitrogens is 1. The molecule has 1 amide bonds. The first-order valence-electron chi connectivity index (χ1n) is 15.1. The molecule has 0 radical (unpaired) electrons. The number of aromatic carboxylic acids is 1. The van der Waals surface area contributed by atoms with Crippen LogP contribution in [0.2, 0.25) is 0 Å². The number of fused-ring (bicyclic) bond motifs is 1. The average Bonchev–Trinajstić information content (AvgIpc) is 3.31. The van der Waals surface area contributed by atoms with Crippen molar-refractivity contribution in [3.05, 3.63) is 59.3 Å². The molecule has 1 aromatic carbocycles. The Kier molecular flexibility index (Phi) is 10.4. The molecule has 0 atom stereocenters. The van der Waals surface area contributed by atoms with Crippen LogP contribution in [-0.4, -0.2) is 64.6 Å². The Morgan fingerprint density at radius 1 is 0.975 bits per heavy atom. The number of nitrogens with zero attached hydrogens (tertiary/aromatic N) is 3. The Bertz CT molecular complexity index is 1280. The maximum atomic E-state index is 13.8. The number of aryl methyl sites for hydroxylation is 1. The SMILES string of the molecule is CC(C)CCN(CCC(C)C)C(=O)c1cc[n+]2[nH]c(-c3cccc(C(=O)O)c3)c(CCCN3CCCCC3)c2c1. The molecule has 2 N–H and O–H groups in total. The monoisotopic (exact) mass is 547 g/mol. The Morgan fingerprint density at radius 2 is 1.68 bits per heavy atom. The van der Waals surface area contributed by atoms with Gasteiger partial charge in [0, 0.05) is 30.8 Å². The van der Waals surface area contributed by atoms with Crippen LogP contribution in [0.25, 0.3) is 16.8 Å². The van der Waals surface area contributed by atoms with Crippen molar-refractivity contribution in [2.45, 2.75) is 72.6 Å². The number of pyridine rings is 1. The second-order valence-corrected chi connectivity index (χ2v) is 12.2. The van der Waals surface area contributed by atoms with Gasteiger partial charge in [0.05, 0.1) is 16.7 Å². The Labute approximate surface area is 239 Å². The minimum absolute atomic E-state index is 0.0821. The molecule has 40 heavy (non-hydrogen) atoms. The van der Waals surface area contributed by atoms with E-state index in [0.717, 1.165) is 80.7 Å². The fourth-order valence-electron chi connectivity index (χ4n) is 5.57. The summed E-state index contributed by atoms with van der Waals surface area (Å²) < 4.78 is 1.97. The van der Waals surface area contributed by atoms with E-state index in [2.05, 4.69) is 37.7 Å². The number of likely N-dealkylation sites (tertiary alicyclic amines) is 1. The third-order valence-electron chi connectivity index (χ3n) is 8.03. The Balaban J connectivity index is 1.68. The van der Waals surface area contributed by atoms with Crippen LogP contribution in [0.15, 0.2) is 42.6 Å². The van der Waals surface area contributed by atoms with Crippen LogP contribution in [0.1, 0.15) is 92.5 Å². The lowest BCUT2D eigenvalue weighted by atomic mass is 10.00. The second kappa shape index (κ2) is 13.9. The highest BCUT2D eigenvalue weighted by atomic mass is 16.4. The van der Waals surface area contributed by atoms with Crippen LogP contribution in [0, 0.1) is 11.8 Å². The van der Waals surface area contributed by atoms with E-state index in [-0.39, 0.29) is 11.5 Å². The van der Waals surface area contributed by atoms with Crippen LogP contribution in [0.5, 0.6) is 0 Å². The van der Waals surface area contributed by atoms with Gasteiger partial charge >= 0.3 is 5.97 Å². The van der Waals surface area contributed by atoms with Crippen LogP contribution in [0.3, 0.4) is 0 Å². The van der Waals surface area contributed by atoms with Gasteiger partial charge in [0.1, 0.15) is 5.69 Å². The average molecular weight is 548 g/mol. The number of carbonyl (C=O) groups is 2. The molecule has 1 aliphatic rings. The molecular formula is C33H47N4O3+. The van der Waals surface area contributed by atoms with Gasteiger partial charge in [-0.2, -0.15) is 5.10 Å².